The number of hydrogen-bond donors (Lipinski definition) is 2. The summed E-state index contributed by atoms with van der Waals surface area (Å²) in [7, 11) is 0. The molecule has 1 fully saturated rings. The third kappa shape index (κ3) is 2.52. The van der Waals surface area contributed by atoms with E-state index in [9.17, 15) is 4.79 Å². The number of fused-ring (bicyclic) bond motifs is 3. The van der Waals surface area contributed by atoms with E-state index in [2.05, 4.69) is 10.3 Å². The van der Waals surface area contributed by atoms with Gasteiger partial charge >= 0.3 is 0 Å². The summed E-state index contributed by atoms with van der Waals surface area (Å²) in [5.74, 6) is 0.00293. The average molecular weight is 298 g/mol. The van der Waals surface area contributed by atoms with Gasteiger partial charge in [-0.05, 0) is 62.3 Å². The average Bonchev–Trinajstić information content (AvgIpc) is 3.19. The van der Waals surface area contributed by atoms with E-state index in [0.717, 1.165) is 43.4 Å². The first-order chi connectivity index (χ1) is 10.8. The first kappa shape index (κ1) is 13.8. The van der Waals surface area contributed by atoms with Gasteiger partial charge in [-0.15, -0.1) is 0 Å². The maximum atomic E-state index is 12.4. The van der Waals surface area contributed by atoms with E-state index in [0.29, 0.717) is 6.54 Å². The fourth-order valence-corrected chi connectivity index (χ4v) is 3.66. The Balaban J connectivity index is 1.54. The van der Waals surface area contributed by atoms with Crippen LogP contribution in [-0.2, 0) is 17.6 Å². The number of nitrogens with one attached hydrogen (secondary N) is 2. The number of hydrogen-bond acceptors (Lipinski definition) is 2. The van der Waals surface area contributed by atoms with Gasteiger partial charge in [0.05, 0.1) is 6.10 Å². The lowest BCUT2D eigenvalue weighted by Crippen LogP contribution is -2.31. The Bertz CT molecular complexity index is 698. The minimum absolute atomic E-state index is 0.00293. The van der Waals surface area contributed by atoms with Crippen LogP contribution in [0.4, 0.5) is 0 Å². The number of aryl methyl sites for hydroxylation is 2. The third-order valence-corrected chi connectivity index (χ3v) is 4.87. The lowest BCUT2D eigenvalue weighted by molar-refractivity contribution is 0.0858. The molecular formula is C18H22N2O2. The van der Waals surface area contributed by atoms with Gasteiger partial charge in [-0.1, -0.05) is 0 Å². The van der Waals surface area contributed by atoms with Crippen molar-refractivity contribution >= 4 is 16.8 Å². The second-order valence-corrected chi connectivity index (χ2v) is 6.39. The molecule has 2 aliphatic rings. The van der Waals surface area contributed by atoms with E-state index in [1.165, 1.54) is 29.5 Å². The standard InChI is InChI=1S/C18H22N2O2/c21-18(19-11-13-4-3-9-22-13)12-7-8-17-15(10-12)14-5-1-2-6-16(14)20-17/h7-8,10,13,20H,1-6,9,11H2,(H,19,21)/t13-/m0/s1. The van der Waals surface area contributed by atoms with Crippen LogP contribution in [0.15, 0.2) is 18.2 Å². The normalized spacial score (nSPS) is 21.0. The molecule has 0 saturated carbocycles. The fourth-order valence-electron chi connectivity index (χ4n) is 3.66. The second kappa shape index (κ2) is 5.76. The maximum absolute atomic E-state index is 12.4. The molecule has 2 heterocycles. The number of carbonyl (C=O) groups excluding carboxylic acids is 1. The summed E-state index contributed by atoms with van der Waals surface area (Å²) < 4.78 is 5.55. The van der Waals surface area contributed by atoms with E-state index in [4.69, 9.17) is 4.74 Å². The van der Waals surface area contributed by atoms with Crippen molar-refractivity contribution in [1.29, 1.82) is 0 Å². The molecule has 1 aromatic heterocycles. The van der Waals surface area contributed by atoms with Crippen LogP contribution in [0.1, 0.15) is 47.3 Å². The van der Waals surface area contributed by atoms with Gasteiger partial charge in [-0.25, -0.2) is 0 Å². The Kier molecular flexibility index (Phi) is 3.62. The quantitative estimate of drug-likeness (QED) is 0.915. The predicted octanol–water partition coefficient (Wildman–Crippen LogP) is 2.96. The zero-order chi connectivity index (χ0) is 14.9. The summed E-state index contributed by atoms with van der Waals surface area (Å²) in [5, 5.41) is 4.23. The molecule has 4 rings (SSSR count). The van der Waals surface area contributed by atoms with Gasteiger partial charge in [0.15, 0.2) is 0 Å². The minimum Gasteiger partial charge on any atom is -0.376 e. The molecular weight excluding hydrogens is 276 g/mol. The summed E-state index contributed by atoms with van der Waals surface area (Å²) in [6, 6.07) is 5.99. The molecule has 4 nitrogen and oxygen atoms in total. The summed E-state index contributed by atoms with van der Waals surface area (Å²) in [5.41, 5.74) is 4.67. The van der Waals surface area contributed by atoms with Crippen LogP contribution in [0.3, 0.4) is 0 Å². The highest BCUT2D eigenvalue weighted by Crippen LogP contribution is 2.29. The van der Waals surface area contributed by atoms with Gasteiger partial charge in [-0.2, -0.15) is 0 Å². The van der Waals surface area contributed by atoms with Crippen LogP contribution in [-0.4, -0.2) is 30.1 Å². The maximum Gasteiger partial charge on any atom is 0.251 e. The lowest BCUT2D eigenvalue weighted by Gasteiger charge is -2.12. The van der Waals surface area contributed by atoms with E-state index in [1.807, 2.05) is 18.2 Å². The van der Waals surface area contributed by atoms with E-state index >= 15 is 0 Å². The van der Waals surface area contributed by atoms with E-state index in [-0.39, 0.29) is 12.0 Å². The highest BCUT2D eigenvalue weighted by atomic mass is 16.5. The van der Waals surface area contributed by atoms with Gasteiger partial charge < -0.3 is 15.0 Å². The molecule has 0 unspecified atom stereocenters. The Morgan fingerprint density at radius 2 is 2.18 bits per heavy atom. The largest absolute Gasteiger partial charge is 0.376 e. The van der Waals surface area contributed by atoms with Crippen LogP contribution >= 0.6 is 0 Å². The van der Waals surface area contributed by atoms with Crippen LogP contribution in [0, 0.1) is 0 Å². The number of aromatic amines is 1. The monoisotopic (exact) mass is 298 g/mol. The smallest absolute Gasteiger partial charge is 0.251 e. The first-order valence-electron chi connectivity index (χ1n) is 8.34. The van der Waals surface area contributed by atoms with Crippen molar-refractivity contribution < 1.29 is 9.53 Å². The Morgan fingerprint density at radius 3 is 3.05 bits per heavy atom. The Labute approximate surface area is 130 Å². The molecule has 1 aliphatic heterocycles. The Morgan fingerprint density at radius 1 is 1.27 bits per heavy atom. The molecule has 0 bridgehead atoms. The van der Waals surface area contributed by atoms with Crippen LogP contribution in [0.25, 0.3) is 10.9 Å². The highest BCUT2D eigenvalue weighted by Gasteiger charge is 2.19. The molecule has 1 atom stereocenters. The van der Waals surface area contributed by atoms with Crippen LogP contribution in [0.2, 0.25) is 0 Å². The van der Waals surface area contributed by atoms with Gasteiger partial charge in [0.2, 0.25) is 0 Å². The van der Waals surface area contributed by atoms with Crippen molar-refractivity contribution in [3.63, 3.8) is 0 Å². The van der Waals surface area contributed by atoms with E-state index in [1.54, 1.807) is 0 Å². The molecule has 116 valence electrons. The van der Waals surface area contributed by atoms with Crippen LogP contribution < -0.4 is 5.32 Å². The minimum atomic E-state index is 0.00293. The number of rotatable bonds is 3. The number of H-pyrrole nitrogens is 1. The Hall–Kier alpha value is -1.81. The summed E-state index contributed by atoms with van der Waals surface area (Å²) in [6.07, 6.45) is 7.09. The summed E-state index contributed by atoms with van der Waals surface area (Å²) in [4.78, 5) is 15.9. The van der Waals surface area contributed by atoms with Crippen molar-refractivity contribution in [3.8, 4) is 0 Å². The van der Waals surface area contributed by atoms with Crippen LogP contribution in [0.5, 0.6) is 0 Å². The number of aromatic nitrogens is 1. The van der Waals surface area contributed by atoms with Crippen molar-refractivity contribution in [1.82, 2.24) is 10.3 Å². The predicted molar refractivity (Wildman–Crippen MR) is 86.2 cm³/mol. The van der Waals surface area contributed by atoms with Crippen molar-refractivity contribution in [2.45, 2.75) is 44.6 Å². The molecule has 0 radical (unpaired) electrons. The van der Waals surface area contributed by atoms with Gasteiger partial charge in [-0.3, -0.25) is 4.79 Å². The van der Waals surface area contributed by atoms with Crippen molar-refractivity contribution in [2.75, 3.05) is 13.2 Å². The molecule has 0 spiro atoms. The lowest BCUT2D eigenvalue weighted by atomic mass is 9.95. The SMILES string of the molecule is O=C(NC[C@@H]1CCCO1)c1ccc2[nH]c3c(c2c1)CCCC3. The zero-order valence-electron chi connectivity index (χ0n) is 12.8. The van der Waals surface area contributed by atoms with Crippen molar-refractivity contribution in [3.05, 3.63) is 35.0 Å². The fraction of sp³-hybridized carbons (Fsp3) is 0.500. The second-order valence-electron chi connectivity index (χ2n) is 6.39. The highest BCUT2D eigenvalue weighted by molar-refractivity contribution is 5.99. The summed E-state index contributed by atoms with van der Waals surface area (Å²) in [6.45, 7) is 1.43. The zero-order valence-corrected chi connectivity index (χ0v) is 12.8. The molecule has 1 aromatic carbocycles. The van der Waals surface area contributed by atoms with Gasteiger partial charge in [0.25, 0.3) is 5.91 Å². The van der Waals surface area contributed by atoms with Gasteiger partial charge in [0.1, 0.15) is 0 Å². The number of benzene rings is 1. The van der Waals surface area contributed by atoms with E-state index < -0.39 is 0 Å². The molecule has 4 heteroatoms. The number of carbonyl (C=O) groups is 1. The van der Waals surface area contributed by atoms with Gasteiger partial charge in [0, 0.05) is 35.3 Å². The summed E-state index contributed by atoms with van der Waals surface area (Å²) >= 11 is 0. The molecule has 22 heavy (non-hydrogen) atoms. The number of ether oxygens (including phenoxy) is 1. The topological polar surface area (TPSA) is 54.1 Å². The molecule has 1 aliphatic carbocycles. The first-order valence-corrected chi connectivity index (χ1v) is 8.34. The molecule has 1 saturated heterocycles. The molecule has 2 aromatic rings. The number of amides is 1. The molecule has 1 amide bonds. The van der Waals surface area contributed by atoms with Crippen molar-refractivity contribution in [2.24, 2.45) is 0 Å². The molecule has 2 N–H and O–H groups in total. The third-order valence-electron chi connectivity index (χ3n) is 4.87.